The normalized spacial score (nSPS) is 25.7. The average Bonchev–Trinajstić information content (AvgIpc) is 3.13. The number of amides is 1. The van der Waals surface area contributed by atoms with E-state index in [0.29, 0.717) is 18.4 Å². The van der Waals surface area contributed by atoms with Gasteiger partial charge >= 0.3 is 6.09 Å². The summed E-state index contributed by atoms with van der Waals surface area (Å²) in [5.74, 6) is 0.973. The molecule has 1 saturated heterocycles. The van der Waals surface area contributed by atoms with Gasteiger partial charge in [0, 0.05) is 18.5 Å². The van der Waals surface area contributed by atoms with Crippen molar-refractivity contribution in [3.8, 4) is 0 Å². The molecule has 23 heavy (non-hydrogen) atoms. The van der Waals surface area contributed by atoms with Gasteiger partial charge in [-0.2, -0.15) is 0 Å². The maximum Gasteiger partial charge on any atom is 0.409 e. The van der Waals surface area contributed by atoms with Crippen molar-refractivity contribution in [3.63, 3.8) is 0 Å². The number of piperidine rings is 1. The number of rotatable bonds is 3. The predicted molar refractivity (Wildman–Crippen MR) is 91.5 cm³/mol. The summed E-state index contributed by atoms with van der Waals surface area (Å²) < 4.78 is 5.39. The Hall–Kier alpha value is -2.03. The van der Waals surface area contributed by atoms with Crippen LogP contribution in [0.1, 0.15) is 25.8 Å². The van der Waals surface area contributed by atoms with Crippen molar-refractivity contribution in [2.75, 3.05) is 19.7 Å². The van der Waals surface area contributed by atoms with Crippen LogP contribution in [-0.2, 0) is 10.2 Å². The smallest absolute Gasteiger partial charge is 0.409 e. The van der Waals surface area contributed by atoms with Gasteiger partial charge in [-0.1, -0.05) is 56.3 Å². The second-order valence-corrected chi connectivity index (χ2v) is 7.47. The molecule has 4 rings (SSSR count). The van der Waals surface area contributed by atoms with Crippen molar-refractivity contribution in [2.45, 2.75) is 25.7 Å². The average molecular weight is 309 g/mol. The molecular weight excluding hydrogens is 286 g/mol. The van der Waals surface area contributed by atoms with Crippen molar-refractivity contribution < 1.29 is 9.53 Å². The van der Waals surface area contributed by atoms with Crippen LogP contribution in [-0.4, -0.2) is 30.7 Å². The highest BCUT2D eigenvalue weighted by atomic mass is 16.6. The molecule has 0 spiro atoms. The quantitative estimate of drug-likeness (QED) is 0.850. The minimum atomic E-state index is -0.147. The number of likely N-dealkylation sites (tertiary alicyclic amines) is 1. The number of hydrogen-bond acceptors (Lipinski definition) is 2. The molecule has 2 aromatic rings. The van der Waals surface area contributed by atoms with Gasteiger partial charge in [0.05, 0.1) is 6.61 Å². The maximum absolute atomic E-state index is 12.2. The lowest BCUT2D eigenvalue weighted by Gasteiger charge is -2.21. The number of nitrogens with zero attached hydrogens (tertiary/aromatic N) is 1. The van der Waals surface area contributed by atoms with E-state index in [-0.39, 0.29) is 11.5 Å². The molecule has 3 nitrogen and oxygen atoms in total. The van der Waals surface area contributed by atoms with E-state index in [4.69, 9.17) is 4.74 Å². The Kier molecular flexibility index (Phi) is 3.33. The van der Waals surface area contributed by atoms with E-state index < -0.39 is 0 Å². The van der Waals surface area contributed by atoms with Crippen LogP contribution < -0.4 is 0 Å². The van der Waals surface area contributed by atoms with Crippen molar-refractivity contribution in [3.05, 3.63) is 48.0 Å². The first-order valence-corrected chi connectivity index (χ1v) is 8.49. The number of benzene rings is 2. The summed E-state index contributed by atoms with van der Waals surface area (Å²) in [4.78, 5) is 14.1. The molecule has 2 aliphatic rings. The monoisotopic (exact) mass is 309 g/mol. The molecule has 0 unspecified atom stereocenters. The topological polar surface area (TPSA) is 29.5 Å². The highest BCUT2D eigenvalue weighted by molar-refractivity contribution is 5.83. The van der Waals surface area contributed by atoms with Gasteiger partial charge < -0.3 is 9.64 Å². The number of carbonyl (C=O) groups is 1. The first-order chi connectivity index (χ1) is 11.1. The van der Waals surface area contributed by atoms with Crippen LogP contribution in [0.4, 0.5) is 4.79 Å². The molecule has 0 N–H and O–H groups in total. The van der Waals surface area contributed by atoms with Gasteiger partial charge in [-0.05, 0) is 34.6 Å². The Bertz CT molecular complexity index is 754. The van der Waals surface area contributed by atoms with Crippen LogP contribution in [0.5, 0.6) is 0 Å². The lowest BCUT2D eigenvalue weighted by molar-refractivity contribution is 0.0953. The van der Waals surface area contributed by atoms with Gasteiger partial charge in [-0.25, -0.2) is 4.79 Å². The third-order valence-electron chi connectivity index (χ3n) is 5.27. The zero-order chi connectivity index (χ0) is 16.0. The Morgan fingerprint density at radius 2 is 2.04 bits per heavy atom. The van der Waals surface area contributed by atoms with Crippen LogP contribution in [0.3, 0.4) is 0 Å². The second-order valence-electron chi connectivity index (χ2n) is 7.47. The van der Waals surface area contributed by atoms with E-state index in [1.54, 1.807) is 0 Å². The highest BCUT2D eigenvalue weighted by Crippen LogP contribution is 2.59. The van der Waals surface area contributed by atoms with Crippen LogP contribution in [0.2, 0.25) is 0 Å². The van der Waals surface area contributed by atoms with E-state index in [0.717, 1.165) is 13.1 Å². The fourth-order valence-electron chi connectivity index (χ4n) is 3.90. The third kappa shape index (κ3) is 2.48. The standard InChI is InChI=1S/C20H23NO2/c1-14(2)12-23-19(22)21-11-18-10-20(18,13-21)17-8-7-15-5-3-4-6-16(15)9-17/h3-9,14,18H,10-13H2,1-2H3/t18-,20+/m1/s1. The van der Waals surface area contributed by atoms with Crippen molar-refractivity contribution >= 4 is 16.9 Å². The molecule has 1 aliphatic carbocycles. The Balaban J connectivity index is 1.52. The number of carbonyl (C=O) groups excluding carboxylic acids is 1. The zero-order valence-electron chi connectivity index (χ0n) is 13.8. The molecule has 2 aromatic carbocycles. The number of fused-ring (bicyclic) bond motifs is 2. The summed E-state index contributed by atoms with van der Waals surface area (Å²) in [5, 5.41) is 2.56. The first kappa shape index (κ1) is 14.6. The summed E-state index contributed by atoms with van der Waals surface area (Å²) in [7, 11) is 0. The van der Waals surface area contributed by atoms with Crippen molar-refractivity contribution in [1.82, 2.24) is 4.90 Å². The van der Waals surface area contributed by atoms with Gasteiger partial charge in [-0.15, -0.1) is 0 Å². The van der Waals surface area contributed by atoms with Crippen LogP contribution in [0.15, 0.2) is 42.5 Å². The minimum absolute atomic E-state index is 0.147. The summed E-state index contributed by atoms with van der Waals surface area (Å²) in [6, 6.07) is 15.2. The number of ether oxygens (including phenoxy) is 1. The van der Waals surface area contributed by atoms with Gasteiger partial charge in [0.2, 0.25) is 0 Å². The molecule has 0 aromatic heterocycles. The maximum atomic E-state index is 12.2. The SMILES string of the molecule is CC(C)COC(=O)N1C[C@H]2C[C@@]2(c2ccc3ccccc3c2)C1. The molecule has 0 radical (unpaired) electrons. The fourth-order valence-corrected chi connectivity index (χ4v) is 3.90. The molecule has 0 bridgehead atoms. The molecule has 120 valence electrons. The Labute approximate surface area is 137 Å². The lowest BCUT2D eigenvalue weighted by Crippen LogP contribution is -2.34. The van der Waals surface area contributed by atoms with E-state index in [1.165, 1.54) is 22.8 Å². The van der Waals surface area contributed by atoms with Crippen molar-refractivity contribution in [1.29, 1.82) is 0 Å². The first-order valence-electron chi connectivity index (χ1n) is 8.49. The molecule has 2 fully saturated rings. The Morgan fingerprint density at radius 3 is 2.83 bits per heavy atom. The predicted octanol–water partition coefficient (Wildman–Crippen LogP) is 4.21. The van der Waals surface area contributed by atoms with Gasteiger partial charge in [0.1, 0.15) is 0 Å². The summed E-state index contributed by atoms with van der Waals surface area (Å²) in [6.45, 7) is 6.26. The van der Waals surface area contributed by atoms with Crippen molar-refractivity contribution in [2.24, 2.45) is 11.8 Å². The molecule has 1 saturated carbocycles. The summed E-state index contributed by atoms with van der Waals surface area (Å²) in [6.07, 6.45) is 1.05. The van der Waals surface area contributed by atoms with Crippen LogP contribution in [0, 0.1) is 11.8 Å². The highest BCUT2D eigenvalue weighted by Gasteiger charge is 2.61. The van der Waals surface area contributed by atoms with Gasteiger partial charge in [0.15, 0.2) is 0 Å². The lowest BCUT2D eigenvalue weighted by atomic mass is 9.93. The van der Waals surface area contributed by atoms with E-state index in [2.05, 4.69) is 56.3 Å². The molecule has 1 aliphatic heterocycles. The molecule has 1 amide bonds. The third-order valence-corrected chi connectivity index (χ3v) is 5.27. The fraction of sp³-hybridized carbons (Fsp3) is 0.450. The summed E-state index contributed by atoms with van der Waals surface area (Å²) >= 11 is 0. The van der Waals surface area contributed by atoms with Gasteiger partial charge in [0.25, 0.3) is 0 Å². The molecule has 3 heteroatoms. The Morgan fingerprint density at radius 1 is 1.26 bits per heavy atom. The zero-order valence-corrected chi connectivity index (χ0v) is 13.8. The van der Waals surface area contributed by atoms with E-state index >= 15 is 0 Å². The number of hydrogen-bond donors (Lipinski definition) is 0. The largest absolute Gasteiger partial charge is 0.449 e. The summed E-state index contributed by atoms with van der Waals surface area (Å²) in [5.41, 5.74) is 1.54. The minimum Gasteiger partial charge on any atom is -0.449 e. The van der Waals surface area contributed by atoms with E-state index in [9.17, 15) is 4.79 Å². The van der Waals surface area contributed by atoms with Crippen LogP contribution >= 0.6 is 0 Å². The van der Waals surface area contributed by atoms with Gasteiger partial charge in [-0.3, -0.25) is 0 Å². The molecular formula is C20H23NO2. The van der Waals surface area contributed by atoms with Crippen LogP contribution in [0.25, 0.3) is 10.8 Å². The van der Waals surface area contributed by atoms with E-state index in [1.807, 2.05) is 4.90 Å². The second kappa shape index (κ2) is 5.26. The molecule has 1 heterocycles. The molecule has 2 atom stereocenters.